The fourth-order valence-corrected chi connectivity index (χ4v) is 4.30. The van der Waals surface area contributed by atoms with Crippen molar-refractivity contribution in [3.8, 4) is 5.75 Å². The summed E-state index contributed by atoms with van der Waals surface area (Å²) in [5.41, 5.74) is 2.17. The molecule has 3 aliphatic rings. The Morgan fingerprint density at radius 3 is 2.46 bits per heavy atom. The maximum Gasteiger partial charge on any atom is 0.228 e. The van der Waals surface area contributed by atoms with E-state index in [2.05, 4.69) is 0 Å². The molecule has 146 valence electrons. The van der Waals surface area contributed by atoms with Crippen LogP contribution in [-0.4, -0.2) is 45.9 Å². The molecular weight excluding hydrogens is 352 g/mol. The molecule has 2 atom stereocenters. The third-order valence-corrected chi connectivity index (χ3v) is 5.91. The summed E-state index contributed by atoms with van der Waals surface area (Å²) in [6.45, 7) is 1.79. The molecule has 1 N–H and O–H groups in total. The Morgan fingerprint density at radius 1 is 0.964 bits per heavy atom. The first-order chi connectivity index (χ1) is 13.6. The van der Waals surface area contributed by atoms with E-state index in [0.29, 0.717) is 32.5 Å². The number of carbonyl (C=O) groups is 2. The van der Waals surface area contributed by atoms with Gasteiger partial charge in [0.2, 0.25) is 11.8 Å². The third-order valence-electron chi connectivity index (χ3n) is 5.91. The van der Waals surface area contributed by atoms with Gasteiger partial charge in [0, 0.05) is 32.1 Å². The molecule has 3 saturated heterocycles. The quantitative estimate of drug-likeness (QED) is 0.870. The third kappa shape index (κ3) is 4.03. The summed E-state index contributed by atoms with van der Waals surface area (Å²) in [5, 5.41) is 9.38. The molecule has 3 fully saturated rings. The summed E-state index contributed by atoms with van der Waals surface area (Å²) < 4.78 is 0. The smallest absolute Gasteiger partial charge is 0.228 e. The molecule has 5 rings (SSSR count). The number of aromatic hydroxyl groups is 1. The van der Waals surface area contributed by atoms with Crippen molar-refractivity contribution in [2.75, 3.05) is 13.1 Å². The molecule has 3 heterocycles. The van der Waals surface area contributed by atoms with Crippen molar-refractivity contribution >= 4 is 11.8 Å². The molecule has 0 saturated carbocycles. The minimum absolute atomic E-state index is 0.0833. The fraction of sp³-hybridized carbons (Fsp3) is 0.391. The number of aryl methyl sites for hydroxylation is 1. The van der Waals surface area contributed by atoms with E-state index < -0.39 is 0 Å². The topological polar surface area (TPSA) is 60.9 Å². The van der Waals surface area contributed by atoms with Gasteiger partial charge in [-0.3, -0.25) is 9.59 Å². The largest absolute Gasteiger partial charge is 0.508 e. The Balaban J connectivity index is 1.41. The van der Waals surface area contributed by atoms with Crippen LogP contribution in [0.15, 0.2) is 54.6 Å². The van der Waals surface area contributed by atoms with E-state index in [1.807, 2.05) is 52.3 Å². The molecule has 28 heavy (non-hydrogen) atoms. The second-order valence-corrected chi connectivity index (χ2v) is 7.85. The second-order valence-electron chi connectivity index (χ2n) is 7.85. The lowest BCUT2D eigenvalue weighted by Gasteiger charge is -2.36. The van der Waals surface area contributed by atoms with E-state index in [-0.39, 0.29) is 29.5 Å². The molecule has 0 unspecified atom stereocenters. The van der Waals surface area contributed by atoms with Gasteiger partial charge in [-0.25, -0.2) is 0 Å². The number of fused-ring (bicyclic) bond motifs is 4. The molecule has 2 aromatic carbocycles. The normalized spacial score (nSPS) is 21.6. The number of hydrogen-bond acceptors (Lipinski definition) is 3. The highest BCUT2D eigenvalue weighted by Crippen LogP contribution is 2.30. The molecule has 0 aliphatic carbocycles. The van der Waals surface area contributed by atoms with Crippen molar-refractivity contribution in [3.05, 3.63) is 65.7 Å². The van der Waals surface area contributed by atoms with Crippen LogP contribution in [0.2, 0.25) is 0 Å². The van der Waals surface area contributed by atoms with Crippen molar-refractivity contribution in [1.29, 1.82) is 0 Å². The Bertz CT molecular complexity index is 835. The van der Waals surface area contributed by atoms with Gasteiger partial charge in [0.25, 0.3) is 0 Å². The molecule has 2 amide bonds. The number of phenolic OH excluding ortho intramolecular Hbond substituents is 1. The molecular formula is C23H26N2O3. The first-order valence-electron chi connectivity index (χ1n) is 10.0. The van der Waals surface area contributed by atoms with Gasteiger partial charge in [-0.2, -0.15) is 0 Å². The zero-order chi connectivity index (χ0) is 19.5. The van der Waals surface area contributed by atoms with Crippen LogP contribution in [0.4, 0.5) is 0 Å². The highest BCUT2D eigenvalue weighted by molar-refractivity contribution is 5.83. The van der Waals surface area contributed by atoms with Gasteiger partial charge in [-0.15, -0.1) is 0 Å². The molecule has 5 heteroatoms. The van der Waals surface area contributed by atoms with E-state index in [0.717, 1.165) is 24.0 Å². The van der Waals surface area contributed by atoms with Crippen LogP contribution in [0.3, 0.4) is 0 Å². The van der Waals surface area contributed by atoms with E-state index >= 15 is 0 Å². The van der Waals surface area contributed by atoms with Crippen LogP contribution in [-0.2, 0) is 22.6 Å². The maximum atomic E-state index is 13.0. The van der Waals surface area contributed by atoms with Crippen LogP contribution < -0.4 is 0 Å². The SMILES string of the molecule is O=C(CCc1ccc(O)cc1)N1C[C@H]2CC[C@@H](C1)N(Cc1ccccc1)C2=O. The van der Waals surface area contributed by atoms with Gasteiger partial charge in [-0.05, 0) is 42.5 Å². The van der Waals surface area contributed by atoms with Gasteiger partial charge >= 0.3 is 0 Å². The first kappa shape index (κ1) is 18.5. The first-order valence-corrected chi connectivity index (χ1v) is 10.0. The molecule has 3 aliphatic heterocycles. The van der Waals surface area contributed by atoms with Crippen molar-refractivity contribution in [2.24, 2.45) is 5.92 Å². The average molecular weight is 378 g/mol. The van der Waals surface area contributed by atoms with Crippen molar-refractivity contribution in [2.45, 2.75) is 38.3 Å². The van der Waals surface area contributed by atoms with Crippen molar-refractivity contribution in [3.63, 3.8) is 0 Å². The Labute approximate surface area is 165 Å². The standard InChI is InChI=1S/C23H26N2O3/c26-21-11-6-17(7-12-21)8-13-22(27)24-15-19-9-10-20(16-24)25(23(19)28)14-18-4-2-1-3-5-18/h1-7,11-12,19-20,26H,8-10,13-16H2/t19-,20+/m1/s1. The van der Waals surface area contributed by atoms with Crippen LogP contribution in [0.25, 0.3) is 0 Å². The van der Waals surface area contributed by atoms with Crippen LogP contribution in [0.1, 0.15) is 30.4 Å². The molecule has 2 aromatic rings. The molecule has 5 nitrogen and oxygen atoms in total. The molecule has 0 spiro atoms. The van der Waals surface area contributed by atoms with Crippen molar-refractivity contribution in [1.82, 2.24) is 9.80 Å². The van der Waals surface area contributed by atoms with Gasteiger partial charge in [0.05, 0.1) is 5.92 Å². The van der Waals surface area contributed by atoms with Crippen LogP contribution in [0.5, 0.6) is 5.75 Å². The average Bonchev–Trinajstić information content (AvgIpc) is 3.01. The van der Waals surface area contributed by atoms with Crippen LogP contribution >= 0.6 is 0 Å². The minimum Gasteiger partial charge on any atom is -0.508 e. The number of carbonyl (C=O) groups excluding carboxylic acids is 2. The highest BCUT2D eigenvalue weighted by Gasteiger charge is 2.41. The number of nitrogens with zero attached hydrogens (tertiary/aromatic N) is 2. The summed E-state index contributed by atoms with van der Waals surface area (Å²) in [6, 6.07) is 17.2. The van der Waals surface area contributed by atoms with Gasteiger partial charge in [-0.1, -0.05) is 42.5 Å². The van der Waals surface area contributed by atoms with E-state index in [1.54, 1.807) is 12.1 Å². The Morgan fingerprint density at radius 2 is 1.71 bits per heavy atom. The predicted octanol–water partition coefficient (Wildman–Crippen LogP) is 2.97. The summed E-state index contributed by atoms with van der Waals surface area (Å²) in [5.74, 6) is 0.449. The number of amides is 2. The van der Waals surface area contributed by atoms with Gasteiger partial charge < -0.3 is 14.9 Å². The Kier molecular flexibility index (Phi) is 5.33. The molecule has 0 radical (unpaired) electrons. The summed E-state index contributed by atoms with van der Waals surface area (Å²) in [7, 11) is 0. The lowest BCUT2D eigenvalue weighted by molar-refractivity contribution is -0.140. The monoisotopic (exact) mass is 378 g/mol. The summed E-state index contributed by atoms with van der Waals surface area (Å²) in [4.78, 5) is 29.7. The predicted molar refractivity (Wildman–Crippen MR) is 107 cm³/mol. The van der Waals surface area contributed by atoms with E-state index in [4.69, 9.17) is 0 Å². The lowest BCUT2D eigenvalue weighted by Crippen LogP contribution is -2.47. The zero-order valence-corrected chi connectivity index (χ0v) is 16.0. The van der Waals surface area contributed by atoms with E-state index in [1.165, 1.54) is 0 Å². The van der Waals surface area contributed by atoms with Gasteiger partial charge in [0.15, 0.2) is 0 Å². The van der Waals surface area contributed by atoms with Gasteiger partial charge in [0.1, 0.15) is 5.75 Å². The Hall–Kier alpha value is -2.82. The minimum atomic E-state index is -0.0833. The molecule has 0 aromatic heterocycles. The number of benzene rings is 2. The number of rotatable bonds is 5. The fourth-order valence-electron chi connectivity index (χ4n) is 4.30. The van der Waals surface area contributed by atoms with Crippen LogP contribution in [0, 0.1) is 5.92 Å². The second kappa shape index (κ2) is 8.05. The zero-order valence-electron chi connectivity index (χ0n) is 16.0. The number of hydrogen-bond donors (Lipinski definition) is 1. The lowest BCUT2D eigenvalue weighted by atomic mass is 9.93. The number of phenols is 1. The summed E-state index contributed by atoms with van der Waals surface area (Å²) >= 11 is 0. The van der Waals surface area contributed by atoms with Crippen molar-refractivity contribution < 1.29 is 14.7 Å². The molecule has 2 bridgehead atoms. The van der Waals surface area contributed by atoms with E-state index in [9.17, 15) is 14.7 Å². The number of piperidine rings is 1. The maximum absolute atomic E-state index is 13.0. The summed E-state index contributed by atoms with van der Waals surface area (Å²) in [6.07, 6.45) is 2.91. The highest BCUT2D eigenvalue weighted by atomic mass is 16.3.